The van der Waals surface area contributed by atoms with Crippen molar-refractivity contribution in [3.8, 4) is 0 Å². The number of nitrogens with zero attached hydrogens (tertiary/aromatic N) is 6. The molecule has 128 valence electrons. The molecule has 2 aromatic heterocycles. The molecule has 0 saturated carbocycles. The molecule has 2 aromatic rings. The van der Waals surface area contributed by atoms with Gasteiger partial charge in [0.15, 0.2) is 0 Å². The second-order valence-corrected chi connectivity index (χ2v) is 6.53. The van der Waals surface area contributed by atoms with Gasteiger partial charge in [0.1, 0.15) is 5.82 Å². The lowest BCUT2D eigenvalue weighted by Crippen LogP contribution is -2.35. The molecule has 1 atom stereocenters. The third kappa shape index (κ3) is 4.00. The Morgan fingerprint density at radius 1 is 1.12 bits per heavy atom. The van der Waals surface area contributed by atoms with Gasteiger partial charge in [-0.15, -0.1) is 0 Å². The summed E-state index contributed by atoms with van der Waals surface area (Å²) in [6.45, 7) is 3.27. The molecule has 0 aliphatic carbocycles. The summed E-state index contributed by atoms with van der Waals surface area (Å²) in [6.07, 6.45) is 5.88. The van der Waals surface area contributed by atoms with Crippen molar-refractivity contribution in [2.45, 2.75) is 18.9 Å². The van der Waals surface area contributed by atoms with Crippen LogP contribution < -0.4 is 9.80 Å². The zero-order valence-corrected chi connectivity index (χ0v) is 14.8. The van der Waals surface area contributed by atoms with E-state index in [0.29, 0.717) is 6.04 Å². The van der Waals surface area contributed by atoms with Crippen LogP contribution in [0.25, 0.3) is 0 Å². The second kappa shape index (κ2) is 7.57. The van der Waals surface area contributed by atoms with Crippen LogP contribution in [0.15, 0.2) is 36.7 Å². The van der Waals surface area contributed by atoms with Gasteiger partial charge in [0, 0.05) is 71.3 Å². The number of likely N-dealkylation sites (N-methyl/N-ethyl adjacent to an activating group) is 1. The van der Waals surface area contributed by atoms with Crippen molar-refractivity contribution in [1.29, 1.82) is 0 Å². The number of likely N-dealkylation sites (tertiary alicyclic amines) is 1. The highest BCUT2D eigenvalue weighted by atomic mass is 15.3. The average Bonchev–Trinajstić information content (AvgIpc) is 3.09. The van der Waals surface area contributed by atoms with Crippen molar-refractivity contribution in [2.75, 3.05) is 50.6 Å². The summed E-state index contributed by atoms with van der Waals surface area (Å²) in [6, 6.07) is 8.61. The van der Waals surface area contributed by atoms with E-state index in [4.69, 9.17) is 0 Å². The Labute approximate surface area is 144 Å². The number of pyridine rings is 1. The molecule has 0 bridgehead atoms. The minimum Gasteiger partial charge on any atom is -0.355 e. The van der Waals surface area contributed by atoms with Crippen molar-refractivity contribution in [3.63, 3.8) is 0 Å². The number of hydrogen-bond acceptors (Lipinski definition) is 6. The van der Waals surface area contributed by atoms with Gasteiger partial charge in [-0.3, -0.25) is 4.98 Å². The van der Waals surface area contributed by atoms with E-state index < -0.39 is 0 Å². The zero-order chi connectivity index (χ0) is 16.9. The number of aromatic nitrogens is 3. The predicted octanol–water partition coefficient (Wildman–Crippen LogP) is 1.69. The van der Waals surface area contributed by atoms with Crippen LogP contribution in [0.4, 0.5) is 11.8 Å². The zero-order valence-electron chi connectivity index (χ0n) is 14.8. The number of hydrogen-bond donors (Lipinski definition) is 0. The normalized spacial score (nSPS) is 17.9. The molecule has 3 heterocycles. The molecule has 6 nitrogen and oxygen atoms in total. The maximum Gasteiger partial charge on any atom is 0.226 e. The highest BCUT2D eigenvalue weighted by Gasteiger charge is 2.26. The molecule has 0 amide bonds. The molecule has 0 spiro atoms. The Hall–Kier alpha value is -2.21. The van der Waals surface area contributed by atoms with Crippen LogP contribution in [0.2, 0.25) is 0 Å². The second-order valence-electron chi connectivity index (χ2n) is 6.53. The van der Waals surface area contributed by atoms with Crippen molar-refractivity contribution in [1.82, 2.24) is 19.9 Å². The quantitative estimate of drug-likeness (QED) is 0.805. The lowest BCUT2D eigenvalue weighted by molar-refractivity contribution is 0.336. The van der Waals surface area contributed by atoms with Gasteiger partial charge in [0.25, 0.3) is 0 Å². The van der Waals surface area contributed by atoms with Crippen LogP contribution in [0, 0.1) is 0 Å². The standard InChI is InChI=1S/C18H26N6/c1-22(2)18-20-11-7-17(21-18)23(3)16-9-13-24(14-16)12-8-15-6-4-5-10-19-15/h4-7,10-11,16H,8-9,12-14H2,1-3H3. The number of anilines is 2. The lowest BCUT2D eigenvalue weighted by atomic mass is 10.2. The summed E-state index contributed by atoms with van der Waals surface area (Å²) in [4.78, 5) is 20.1. The molecule has 6 heteroatoms. The first-order chi connectivity index (χ1) is 11.6. The third-order valence-electron chi connectivity index (χ3n) is 4.60. The van der Waals surface area contributed by atoms with Crippen molar-refractivity contribution >= 4 is 11.8 Å². The Balaban J connectivity index is 1.56. The van der Waals surface area contributed by atoms with Crippen LogP contribution >= 0.6 is 0 Å². The van der Waals surface area contributed by atoms with E-state index in [1.54, 1.807) is 0 Å². The fourth-order valence-corrected chi connectivity index (χ4v) is 3.09. The van der Waals surface area contributed by atoms with Crippen LogP contribution in [-0.2, 0) is 6.42 Å². The van der Waals surface area contributed by atoms with E-state index in [1.807, 2.05) is 43.5 Å². The molecule has 1 unspecified atom stereocenters. The third-order valence-corrected chi connectivity index (χ3v) is 4.60. The van der Waals surface area contributed by atoms with Crippen LogP contribution in [0.1, 0.15) is 12.1 Å². The lowest BCUT2D eigenvalue weighted by Gasteiger charge is -2.26. The fraction of sp³-hybridized carbons (Fsp3) is 0.500. The molecule has 0 radical (unpaired) electrons. The van der Waals surface area contributed by atoms with Crippen LogP contribution in [0.5, 0.6) is 0 Å². The van der Waals surface area contributed by atoms with Gasteiger partial charge in [-0.2, -0.15) is 4.98 Å². The minimum absolute atomic E-state index is 0.499. The molecule has 1 aliphatic rings. The van der Waals surface area contributed by atoms with Crippen molar-refractivity contribution in [2.24, 2.45) is 0 Å². The van der Waals surface area contributed by atoms with E-state index in [1.165, 1.54) is 12.1 Å². The summed E-state index contributed by atoms with van der Waals surface area (Å²) in [5.41, 5.74) is 1.17. The van der Waals surface area contributed by atoms with Crippen LogP contribution in [-0.4, -0.2) is 66.7 Å². The molecular formula is C18H26N6. The Bertz CT molecular complexity index is 645. The average molecular weight is 326 g/mol. The molecule has 24 heavy (non-hydrogen) atoms. The van der Waals surface area contributed by atoms with Gasteiger partial charge in [0.05, 0.1) is 0 Å². The summed E-state index contributed by atoms with van der Waals surface area (Å²) in [5.74, 6) is 1.75. The fourth-order valence-electron chi connectivity index (χ4n) is 3.09. The van der Waals surface area contributed by atoms with Gasteiger partial charge in [-0.25, -0.2) is 4.98 Å². The van der Waals surface area contributed by atoms with E-state index in [-0.39, 0.29) is 0 Å². The van der Waals surface area contributed by atoms with E-state index >= 15 is 0 Å². The minimum atomic E-state index is 0.499. The molecule has 1 fully saturated rings. The first kappa shape index (κ1) is 16.6. The van der Waals surface area contributed by atoms with Crippen molar-refractivity contribution in [3.05, 3.63) is 42.4 Å². The van der Waals surface area contributed by atoms with E-state index in [2.05, 4.69) is 43.9 Å². The largest absolute Gasteiger partial charge is 0.355 e. The molecule has 1 saturated heterocycles. The van der Waals surface area contributed by atoms with Gasteiger partial charge < -0.3 is 14.7 Å². The highest BCUT2D eigenvalue weighted by molar-refractivity contribution is 5.43. The first-order valence-corrected chi connectivity index (χ1v) is 8.49. The maximum atomic E-state index is 4.65. The van der Waals surface area contributed by atoms with E-state index in [9.17, 15) is 0 Å². The SMILES string of the molecule is CN(C)c1nccc(N(C)C2CCN(CCc3ccccn3)C2)n1. The predicted molar refractivity (Wildman–Crippen MR) is 97.5 cm³/mol. The first-order valence-electron chi connectivity index (χ1n) is 8.49. The number of rotatable bonds is 6. The topological polar surface area (TPSA) is 48.4 Å². The monoisotopic (exact) mass is 326 g/mol. The summed E-state index contributed by atoms with van der Waals surface area (Å²) in [7, 11) is 6.07. The summed E-state index contributed by atoms with van der Waals surface area (Å²) in [5, 5.41) is 0. The van der Waals surface area contributed by atoms with Gasteiger partial charge >= 0.3 is 0 Å². The molecule has 0 N–H and O–H groups in total. The van der Waals surface area contributed by atoms with E-state index in [0.717, 1.165) is 37.8 Å². The van der Waals surface area contributed by atoms with Crippen LogP contribution in [0.3, 0.4) is 0 Å². The summed E-state index contributed by atoms with van der Waals surface area (Å²) < 4.78 is 0. The molecule has 0 aromatic carbocycles. The van der Waals surface area contributed by atoms with Gasteiger partial charge in [-0.05, 0) is 24.6 Å². The smallest absolute Gasteiger partial charge is 0.226 e. The Morgan fingerprint density at radius 2 is 2.00 bits per heavy atom. The molecular weight excluding hydrogens is 300 g/mol. The Morgan fingerprint density at radius 3 is 2.75 bits per heavy atom. The highest BCUT2D eigenvalue weighted by Crippen LogP contribution is 2.21. The van der Waals surface area contributed by atoms with Gasteiger partial charge in [-0.1, -0.05) is 6.07 Å². The maximum absolute atomic E-state index is 4.65. The molecule has 1 aliphatic heterocycles. The summed E-state index contributed by atoms with van der Waals surface area (Å²) >= 11 is 0. The Kier molecular flexibility index (Phi) is 5.25. The van der Waals surface area contributed by atoms with Crippen molar-refractivity contribution < 1.29 is 0 Å². The molecule has 3 rings (SSSR count). The van der Waals surface area contributed by atoms with Gasteiger partial charge in [0.2, 0.25) is 5.95 Å².